The molecule has 25 heavy (non-hydrogen) atoms. The monoisotopic (exact) mass is 368 g/mol. The topological polar surface area (TPSA) is 23.6 Å². The van der Waals surface area contributed by atoms with Crippen molar-refractivity contribution in [3.8, 4) is 0 Å². The summed E-state index contributed by atoms with van der Waals surface area (Å²) in [4.78, 5) is 16.9. The molecule has 0 unspecified atom stereocenters. The van der Waals surface area contributed by atoms with E-state index in [1.165, 1.54) is 16.7 Å². The summed E-state index contributed by atoms with van der Waals surface area (Å²) in [6.45, 7) is 6.18. The average Bonchev–Trinajstić information content (AvgIpc) is 3.11. The van der Waals surface area contributed by atoms with Crippen LogP contribution in [0.2, 0.25) is 0 Å². The molecule has 128 valence electrons. The maximum Gasteiger partial charge on any atom is 0.257 e. The Morgan fingerprint density at radius 2 is 1.72 bits per heavy atom. The first-order valence-corrected chi connectivity index (χ1v) is 9.85. The molecule has 0 aliphatic carbocycles. The molecule has 0 radical (unpaired) electrons. The normalized spacial score (nSPS) is 22.7. The van der Waals surface area contributed by atoms with Gasteiger partial charge in [-0.15, -0.1) is 11.8 Å². The van der Waals surface area contributed by atoms with Gasteiger partial charge in [0.05, 0.1) is 5.69 Å². The Balaban J connectivity index is 1.70. The maximum atomic E-state index is 13.0. The van der Waals surface area contributed by atoms with Gasteiger partial charge in [-0.3, -0.25) is 9.69 Å². The molecule has 2 aromatic carbocycles. The van der Waals surface area contributed by atoms with Gasteiger partial charge in [-0.2, -0.15) is 0 Å². The summed E-state index contributed by atoms with van der Waals surface area (Å²) in [5.41, 5.74) is 5.61. The van der Waals surface area contributed by atoms with Crippen LogP contribution >= 0.6 is 24.0 Å². The Morgan fingerprint density at radius 3 is 2.40 bits per heavy atom. The zero-order valence-corrected chi connectivity index (χ0v) is 16.2. The third-order valence-corrected chi connectivity index (χ3v) is 6.59. The van der Waals surface area contributed by atoms with Crippen molar-refractivity contribution in [1.82, 2.24) is 4.90 Å². The number of thiocarbonyl (C=S) groups is 1. The van der Waals surface area contributed by atoms with Crippen molar-refractivity contribution in [3.63, 3.8) is 0 Å². The van der Waals surface area contributed by atoms with E-state index in [2.05, 4.69) is 49.1 Å². The number of carbonyl (C=O) groups is 1. The van der Waals surface area contributed by atoms with Crippen molar-refractivity contribution >= 4 is 40.7 Å². The molecule has 4 rings (SSSR count). The molecule has 5 heteroatoms. The third-order valence-electron chi connectivity index (χ3n) is 4.87. The van der Waals surface area contributed by atoms with E-state index < -0.39 is 0 Å². The van der Waals surface area contributed by atoms with E-state index in [-0.39, 0.29) is 17.3 Å². The van der Waals surface area contributed by atoms with E-state index >= 15 is 0 Å². The Labute approximate surface area is 158 Å². The highest BCUT2D eigenvalue weighted by Gasteiger charge is 2.51. The molecule has 2 saturated heterocycles. The van der Waals surface area contributed by atoms with Gasteiger partial charge in [-0.25, -0.2) is 0 Å². The third kappa shape index (κ3) is 2.66. The van der Waals surface area contributed by atoms with E-state index in [9.17, 15) is 4.79 Å². The lowest BCUT2D eigenvalue weighted by molar-refractivity contribution is -0.119. The van der Waals surface area contributed by atoms with Crippen LogP contribution in [0.15, 0.2) is 42.5 Å². The van der Waals surface area contributed by atoms with Gasteiger partial charge in [0, 0.05) is 5.75 Å². The number of amides is 1. The number of aryl methyl sites for hydroxylation is 3. The number of anilines is 1. The molecule has 0 aromatic heterocycles. The van der Waals surface area contributed by atoms with Gasteiger partial charge in [0.25, 0.3) is 5.91 Å². The van der Waals surface area contributed by atoms with Crippen molar-refractivity contribution < 1.29 is 4.79 Å². The molecule has 2 aliphatic heterocycles. The lowest BCUT2D eigenvalue weighted by atomic mass is 10.1. The summed E-state index contributed by atoms with van der Waals surface area (Å²) >= 11 is 7.55. The van der Waals surface area contributed by atoms with Crippen molar-refractivity contribution in [2.75, 3.05) is 10.7 Å². The number of hydrogen-bond donors (Lipinski definition) is 0. The Morgan fingerprint density at radius 1 is 1.04 bits per heavy atom. The van der Waals surface area contributed by atoms with E-state index in [4.69, 9.17) is 12.2 Å². The van der Waals surface area contributed by atoms with E-state index in [0.717, 1.165) is 17.0 Å². The van der Waals surface area contributed by atoms with Crippen LogP contribution in [0, 0.1) is 20.8 Å². The van der Waals surface area contributed by atoms with Crippen molar-refractivity contribution in [2.45, 2.75) is 32.2 Å². The Kier molecular flexibility index (Phi) is 4.08. The van der Waals surface area contributed by atoms with Gasteiger partial charge < -0.3 is 4.90 Å². The van der Waals surface area contributed by atoms with Crippen molar-refractivity contribution in [2.24, 2.45) is 0 Å². The second-order valence-corrected chi connectivity index (χ2v) is 8.24. The second-order valence-electron chi connectivity index (χ2n) is 6.77. The molecule has 2 aromatic rings. The number of thioether (sulfide) groups is 1. The molecule has 0 saturated carbocycles. The zero-order valence-electron chi connectivity index (χ0n) is 14.5. The van der Waals surface area contributed by atoms with Crippen LogP contribution in [0.1, 0.15) is 27.6 Å². The maximum absolute atomic E-state index is 13.0. The van der Waals surface area contributed by atoms with Crippen LogP contribution in [0.25, 0.3) is 0 Å². The summed E-state index contributed by atoms with van der Waals surface area (Å²) in [5.74, 6) is 0.873. The minimum Gasteiger partial charge on any atom is -0.319 e. The smallest absolute Gasteiger partial charge is 0.257 e. The highest BCUT2D eigenvalue weighted by atomic mass is 32.2. The molecule has 0 spiro atoms. The number of rotatable bonds is 2. The molecular formula is C20H20N2OS2. The minimum atomic E-state index is -0.162. The summed E-state index contributed by atoms with van der Waals surface area (Å²) in [6, 6.07) is 14.5. The molecule has 0 N–H and O–H groups in total. The molecule has 3 nitrogen and oxygen atoms in total. The summed E-state index contributed by atoms with van der Waals surface area (Å²) in [7, 11) is 0. The predicted molar refractivity (Wildman–Crippen MR) is 108 cm³/mol. The van der Waals surface area contributed by atoms with E-state index in [0.29, 0.717) is 5.11 Å². The molecule has 0 bridgehead atoms. The first-order valence-electron chi connectivity index (χ1n) is 8.39. The highest BCUT2D eigenvalue weighted by Crippen LogP contribution is 2.46. The number of nitrogens with zero attached hydrogens (tertiary/aromatic N) is 2. The van der Waals surface area contributed by atoms with Gasteiger partial charge in [-0.1, -0.05) is 47.5 Å². The van der Waals surface area contributed by atoms with Crippen LogP contribution in [-0.2, 0) is 4.79 Å². The Hall–Kier alpha value is -1.85. The van der Waals surface area contributed by atoms with Gasteiger partial charge in [0.2, 0.25) is 0 Å². The van der Waals surface area contributed by atoms with Gasteiger partial charge in [-0.05, 0) is 50.2 Å². The fraction of sp³-hybridized carbons (Fsp3) is 0.300. The zero-order chi connectivity index (χ0) is 17.7. The van der Waals surface area contributed by atoms with E-state index in [1.807, 2.05) is 19.1 Å². The average molecular weight is 369 g/mol. The lowest BCUT2D eigenvalue weighted by Crippen LogP contribution is -2.34. The predicted octanol–water partition coefficient (Wildman–Crippen LogP) is 4.36. The molecule has 2 fully saturated rings. The lowest BCUT2D eigenvalue weighted by Gasteiger charge is -2.26. The van der Waals surface area contributed by atoms with Crippen molar-refractivity contribution in [1.29, 1.82) is 0 Å². The Bertz CT molecular complexity index is 862. The largest absolute Gasteiger partial charge is 0.319 e. The fourth-order valence-corrected chi connectivity index (χ4v) is 5.47. The van der Waals surface area contributed by atoms with Crippen LogP contribution in [0.5, 0.6) is 0 Å². The molecular weight excluding hydrogens is 348 g/mol. The molecule has 1 amide bonds. The van der Waals surface area contributed by atoms with Crippen LogP contribution < -0.4 is 4.90 Å². The standard InChI is InChI=1S/C20H20N2OS2/c1-12-4-7-15(8-5-12)19-22-17(11-25-19)18(23)21(20(22)24)16-9-6-13(2)10-14(16)3/h4-10,17,19H,11H2,1-3H3/t17-,19-/m0/s1. The van der Waals surface area contributed by atoms with Crippen LogP contribution in [0.4, 0.5) is 5.69 Å². The van der Waals surface area contributed by atoms with Crippen LogP contribution in [0.3, 0.4) is 0 Å². The van der Waals surface area contributed by atoms with Gasteiger partial charge in [0.1, 0.15) is 11.4 Å². The molecule has 2 atom stereocenters. The molecule has 2 heterocycles. The highest BCUT2D eigenvalue weighted by molar-refractivity contribution is 7.99. The van der Waals surface area contributed by atoms with Gasteiger partial charge in [0.15, 0.2) is 5.11 Å². The fourth-order valence-electron chi connectivity index (χ4n) is 3.55. The summed E-state index contributed by atoms with van der Waals surface area (Å²) in [5, 5.41) is 0.732. The van der Waals surface area contributed by atoms with Gasteiger partial charge >= 0.3 is 0 Å². The van der Waals surface area contributed by atoms with Crippen molar-refractivity contribution in [3.05, 3.63) is 64.7 Å². The summed E-state index contributed by atoms with van der Waals surface area (Å²) in [6.07, 6.45) is 0. The number of fused-ring (bicyclic) bond motifs is 1. The number of hydrogen-bond acceptors (Lipinski definition) is 3. The quantitative estimate of drug-likeness (QED) is 0.735. The summed E-state index contributed by atoms with van der Waals surface area (Å²) < 4.78 is 0. The minimum absolute atomic E-state index is 0.0964. The SMILES string of the molecule is Cc1ccc([C@@H]2SC[C@H]3C(=O)N(c4ccc(C)cc4C)C(=S)N32)cc1. The first kappa shape index (κ1) is 16.6. The second kappa shape index (κ2) is 6.15. The van der Waals surface area contributed by atoms with E-state index in [1.54, 1.807) is 16.7 Å². The number of carbonyl (C=O) groups excluding carboxylic acids is 1. The van der Waals surface area contributed by atoms with Crippen LogP contribution in [-0.4, -0.2) is 27.7 Å². The number of benzene rings is 2. The first-order chi connectivity index (χ1) is 12.0. The molecule has 2 aliphatic rings.